The van der Waals surface area contributed by atoms with Gasteiger partial charge in [-0.1, -0.05) is 264 Å². The molecular formula is C113H160BrN12NaO11. The van der Waals surface area contributed by atoms with E-state index in [4.69, 9.17) is 25.6 Å². The zero-order valence-electron chi connectivity index (χ0n) is 83.8. The first-order chi connectivity index (χ1) is 65.9. The van der Waals surface area contributed by atoms with Crippen LogP contribution >= 0.6 is 15.9 Å². The third kappa shape index (κ3) is 48.5. The van der Waals surface area contributed by atoms with Gasteiger partial charge in [-0.15, -0.1) is 0 Å². The Morgan fingerprint density at radius 3 is 0.978 bits per heavy atom. The molecule has 8 aliphatic rings. The fourth-order valence-corrected chi connectivity index (χ4v) is 19.2. The second-order valence-electron chi connectivity index (χ2n) is 38.0. The number of ether oxygens (including phenoxy) is 1. The van der Waals surface area contributed by atoms with E-state index in [1.165, 1.54) is 90.4 Å². The number of piperidine rings is 8. The average Bonchev–Trinajstić information content (AvgIpc) is 0.850. The molecule has 0 saturated carbocycles. The molecule has 0 aliphatic carbocycles. The molecule has 8 saturated heterocycles. The maximum Gasteiger partial charge on any atom is 1.00 e. The van der Waals surface area contributed by atoms with Crippen molar-refractivity contribution in [2.24, 2.45) is 52.5 Å². The summed E-state index contributed by atoms with van der Waals surface area (Å²) in [5.41, 5.74) is 12.1. The van der Waals surface area contributed by atoms with Crippen molar-refractivity contribution < 1.29 is 84.0 Å². The molecule has 9 N–H and O–H groups in total. The van der Waals surface area contributed by atoms with Gasteiger partial charge in [-0.3, -0.25) is 58.2 Å². The van der Waals surface area contributed by atoms with Gasteiger partial charge in [0.05, 0.1) is 23.5 Å². The molecular weight excluding hydrogens is 1800 g/mol. The van der Waals surface area contributed by atoms with Crippen LogP contribution in [0, 0.1) is 52.8 Å². The van der Waals surface area contributed by atoms with Crippen molar-refractivity contribution >= 4 is 62.9 Å². The van der Waals surface area contributed by atoms with E-state index < -0.39 is 11.9 Å². The van der Waals surface area contributed by atoms with Crippen LogP contribution in [0.3, 0.4) is 0 Å². The monoisotopic (exact) mass is 1960 g/mol. The van der Waals surface area contributed by atoms with Crippen LogP contribution in [0.25, 0.3) is 0 Å². The van der Waals surface area contributed by atoms with Crippen LogP contribution in [0.5, 0.6) is 0 Å². The van der Waals surface area contributed by atoms with E-state index in [1.54, 1.807) is 20.8 Å². The first-order valence-corrected chi connectivity index (χ1v) is 51.1. The Balaban J connectivity index is 0.000000241. The third-order valence-corrected chi connectivity index (χ3v) is 27.3. The normalized spacial score (nSPS) is 21.1. The predicted octanol–water partition coefficient (Wildman–Crippen LogP) is 16.2. The van der Waals surface area contributed by atoms with Gasteiger partial charge >= 0.3 is 47.5 Å². The molecule has 8 fully saturated rings. The van der Waals surface area contributed by atoms with Gasteiger partial charge < -0.3 is 52.3 Å². The first-order valence-electron chi connectivity index (χ1n) is 50.0. The van der Waals surface area contributed by atoms with Gasteiger partial charge in [0.1, 0.15) is 12.4 Å². The molecule has 8 aromatic rings. The number of carbonyl (C=O) groups is 6. The van der Waals surface area contributed by atoms with Gasteiger partial charge in [0, 0.05) is 140 Å². The van der Waals surface area contributed by atoms with E-state index >= 15 is 0 Å². The van der Waals surface area contributed by atoms with Gasteiger partial charge in [-0.05, 0) is 253 Å². The number of carboxylic acids is 2. The van der Waals surface area contributed by atoms with Crippen molar-refractivity contribution in [2.45, 2.75) is 214 Å². The van der Waals surface area contributed by atoms with Gasteiger partial charge in [-0.25, -0.2) is 0 Å². The summed E-state index contributed by atoms with van der Waals surface area (Å²) in [7, 11) is 0. The number of likely N-dealkylation sites (tertiary alicyclic amines) is 6. The quantitative estimate of drug-likeness (QED) is 0.00658. The Kier molecular flexibility index (Phi) is 58.9. The Labute approximate surface area is 855 Å². The fraction of sp³-hybridized carbons (Fsp3) is 0.504. The van der Waals surface area contributed by atoms with E-state index in [9.17, 15) is 28.8 Å². The molecule has 0 spiro atoms. The number of hydrogen-bond donors (Lipinski definition) is 8. The molecule has 0 radical (unpaired) electrons. The van der Waals surface area contributed by atoms with Crippen LogP contribution in [0.1, 0.15) is 196 Å². The summed E-state index contributed by atoms with van der Waals surface area (Å²) in [6.07, 6.45) is 17.5. The van der Waals surface area contributed by atoms with Crippen molar-refractivity contribution in [3.05, 3.63) is 287 Å². The summed E-state index contributed by atoms with van der Waals surface area (Å²) >= 11 is 3.36. The molecule has 10 atom stereocenters. The van der Waals surface area contributed by atoms with Crippen molar-refractivity contribution in [3.63, 3.8) is 0 Å². The zero-order valence-corrected chi connectivity index (χ0v) is 87.4. The molecule has 16 rings (SSSR count). The summed E-state index contributed by atoms with van der Waals surface area (Å²) in [4.78, 5) is 81.2. The topological polar surface area (TPSA) is 306 Å². The summed E-state index contributed by atoms with van der Waals surface area (Å²) in [5, 5.41) is 50.7. The molecule has 0 aromatic heterocycles. The fourth-order valence-electron chi connectivity index (χ4n) is 18.8. The number of esters is 1. The van der Waals surface area contributed by atoms with E-state index in [0.717, 1.165) is 204 Å². The second kappa shape index (κ2) is 69.0. The van der Waals surface area contributed by atoms with E-state index in [1.807, 2.05) is 98.8 Å². The number of carbonyl (C=O) groups excluding carboxylic acids is 4. The number of Topliss-reactive ketones (excluding diaryl/α,β-unsaturated/α-hetero) is 1. The summed E-state index contributed by atoms with van der Waals surface area (Å²) in [6.45, 7) is 35.1. The van der Waals surface area contributed by atoms with Crippen LogP contribution in [-0.2, 0) is 84.7 Å². The van der Waals surface area contributed by atoms with Crippen LogP contribution < -0.4 is 50.8 Å². The standard InChI is InChI=1S/C20H23NO2.C16H24N2O.C14H20N2O.C14H20N2.C14H19NO.C13H17NO2.C9H18N2O.C7H7Br.C6H11NO2.Na.H2O/c22-20(23-16-18-10-5-2-6-11-18)19-12-7-13-21(15-19)14-17-8-3-1-4-9-17;1-13(17-14(2)19)16-9-6-10-18(12-16)11-15-7-4-3-5-8-15;1-12(15-17)14-8-5-9-16(11-14)10-13-6-3-2-4-7-13;1-12(15)14-8-5-9-16(11-14)10-13-6-3-2-4-7-13;1-12(16)14-8-5-9-15(11-14)10-13-6-3-2-4-7-13;15-13(16)12-7-4-8-14(10-12)9-11-5-2-1-3-6-11;1-7(11-8(2)12)9-4-3-5-10-6-9;8-6-7-4-2-1-3-5-7;8-6(9)5-2-1-3-7-4-5;;/h1-6,8-11,19H,7,12-16H2;3-5,7-8,13,16H,6,9-12H2,1-2H3,(H,17,19);2-4,6-7,14,17H,5,8-11H2,1H3;2-4,6-7,14-15H,5,8-11H2,1H3;2-4,6-7,14H,5,8-11H2,1H3;1-3,5-6,12H,4,7-10H2,(H,15,16);7,9-10H,3-6H2,1-2H3,(H,11,12);1-5H,6H2;5,7H,1-4H2,(H,8,9);;1H2/q;;;;;;;;;+1;/p-1/b;;15-12+;;;;;;;;. The van der Waals surface area contributed by atoms with Crippen molar-refractivity contribution in [1.82, 2.24) is 50.7 Å². The van der Waals surface area contributed by atoms with Crippen LogP contribution in [0.4, 0.5) is 0 Å². The number of nitrogens with zero attached hydrogens (tertiary/aromatic N) is 7. The van der Waals surface area contributed by atoms with Gasteiger partial charge in [-0.2, -0.15) is 0 Å². The number of nitrogens with one attached hydrogen (secondary N) is 5. The van der Waals surface area contributed by atoms with Gasteiger partial charge in [0.15, 0.2) is 0 Å². The van der Waals surface area contributed by atoms with Gasteiger partial charge in [0.25, 0.3) is 0 Å². The van der Waals surface area contributed by atoms with Crippen molar-refractivity contribution in [2.75, 3.05) is 105 Å². The molecule has 8 aliphatic heterocycles. The molecule has 138 heavy (non-hydrogen) atoms. The summed E-state index contributed by atoms with van der Waals surface area (Å²) in [5.74, 6) is 1.13. The number of benzene rings is 8. The van der Waals surface area contributed by atoms with E-state index in [-0.39, 0.29) is 82.5 Å². The summed E-state index contributed by atoms with van der Waals surface area (Å²) < 4.78 is 5.50. The SMILES string of the molecule is BrCc1ccccc1.C/C(=N\O)C1CCCN(Cc2ccccc2)C1.CC(=N)C1CCCN(Cc2ccccc2)C1.CC(=O)C1CCCN(Cc2ccccc2)C1.CC(=O)NC(C)C1CCCN(Cc2ccccc2)C1.CC(=O)NC(C)C1CCCNC1.O=C(O)C1CCCN(Cc2ccccc2)C1.O=C(O)C1CCCNC1.O=C(OCc1ccccc1)C1CCCN(Cc2ccccc2)C1.[Na+].[OH-]. The maximum absolute atomic E-state index is 12.3. The number of hydrogen-bond acceptors (Lipinski definition) is 19. The number of alkyl halides is 1. The summed E-state index contributed by atoms with van der Waals surface area (Å²) in [6, 6.07) is 83.6. The molecule has 8 aromatic carbocycles. The molecule has 0 bridgehead atoms. The van der Waals surface area contributed by atoms with Crippen LogP contribution in [-0.4, -0.2) is 214 Å². The van der Waals surface area contributed by atoms with E-state index in [0.29, 0.717) is 55.2 Å². The molecule has 23 nitrogen and oxygen atoms in total. The number of aliphatic carboxylic acids is 2. The Morgan fingerprint density at radius 1 is 0.377 bits per heavy atom. The maximum atomic E-state index is 12.3. The van der Waals surface area contributed by atoms with Crippen LogP contribution in [0.2, 0.25) is 0 Å². The number of rotatable bonds is 25. The van der Waals surface area contributed by atoms with Crippen LogP contribution in [0.15, 0.2) is 248 Å². The first kappa shape index (κ1) is 118. The zero-order chi connectivity index (χ0) is 97.3. The van der Waals surface area contributed by atoms with Gasteiger partial charge in [0.2, 0.25) is 11.8 Å². The second-order valence-corrected chi connectivity index (χ2v) is 38.5. The number of carboxylic acid groups (broad SMARTS) is 2. The number of ketones is 1. The Morgan fingerprint density at radius 2 is 0.659 bits per heavy atom. The predicted molar refractivity (Wildman–Crippen MR) is 556 cm³/mol. The minimum absolute atomic E-state index is 0. The molecule has 8 heterocycles. The Hall–Kier alpha value is -8.96. The minimum Gasteiger partial charge on any atom is -0.870 e. The number of oxime groups is 1. The van der Waals surface area contributed by atoms with Crippen molar-refractivity contribution in [1.29, 1.82) is 5.41 Å². The van der Waals surface area contributed by atoms with E-state index in [2.05, 4.69) is 243 Å². The molecule has 25 heteroatoms. The number of halogens is 1. The largest absolute Gasteiger partial charge is 1.00 e. The van der Waals surface area contributed by atoms with Crippen molar-refractivity contribution in [3.8, 4) is 0 Å². The smallest absolute Gasteiger partial charge is 0.870 e. The molecule has 746 valence electrons. The average molecular weight is 1970 g/mol. The molecule has 2 amide bonds. The number of amides is 2. The Bertz CT molecular complexity index is 4490. The molecule has 10 unspecified atom stereocenters. The minimum atomic E-state index is -0.665. The third-order valence-electron chi connectivity index (χ3n) is 26.7.